The van der Waals surface area contributed by atoms with Crippen LogP contribution in [0.1, 0.15) is 29.4 Å². The van der Waals surface area contributed by atoms with Crippen LogP contribution in [0, 0.1) is 0 Å². The van der Waals surface area contributed by atoms with Gasteiger partial charge in [0.25, 0.3) is 0 Å². The minimum absolute atomic E-state index is 0.0653. The van der Waals surface area contributed by atoms with Crippen LogP contribution in [0.25, 0.3) is 11.4 Å². The van der Waals surface area contributed by atoms with E-state index in [9.17, 15) is 14.7 Å². The second kappa shape index (κ2) is 6.25. The van der Waals surface area contributed by atoms with Crippen molar-refractivity contribution >= 4 is 28.3 Å². The van der Waals surface area contributed by atoms with Gasteiger partial charge in [-0.2, -0.15) is 0 Å². The van der Waals surface area contributed by atoms with Gasteiger partial charge < -0.3 is 10.4 Å². The summed E-state index contributed by atoms with van der Waals surface area (Å²) in [5.41, 5.74) is 0.743. The normalized spacial score (nSPS) is 10.2. The first-order chi connectivity index (χ1) is 9.61. The molecule has 0 unspecified atom stereocenters. The lowest BCUT2D eigenvalue weighted by Gasteiger charge is -1.98. The van der Waals surface area contributed by atoms with Crippen molar-refractivity contribution in [1.82, 2.24) is 9.97 Å². The van der Waals surface area contributed by atoms with Gasteiger partial charge in [0.05, 0.1) is 5.69 Å². The molecule has 2 N–H and O–H groups in total. The van der Waals surface area contributed by atoms with Gasteiger partial charge in [-0.05, 0) is 18.6 Å². The fourth-order valence-corrected chi connectivity index (χ4v) is 2.43. The number of hydrogen-bond donors (Lipinski definition) is 2. The van der Waals surface area contributed by atoms with E-state index in [1.165, 1.54) is 0 Å². The number of carbonyl (C=O) groups excluding carboxylic acids is 1. The Bertz CT molecular complexity index is 625. The van der Waals surface area contributed by atoms with E-state index in [1.54, 1.807) is 24.4 Å². The summed E-state index contributed by atoms with van der Waals surface area (Å²) in [4.78, 5) is 31.1. The number of nitrogens with zero attached hydrogens (tertiary/aromatic N) is 2. The number of carbonyl (C=O) groups is 2. The highest BCUT2D eigenvalue weighted by atomic mass is 32.1. The maximum Gasteiger partial charge on any atom is 0.348 e. The first-order valence-electron chi connectivity index (χ1n) is 6.07. The van der Waals surface area contributed by atoms with E-state index in [4.69, 9.17) is 0 Å². The van der Waals surface area contributed by atoms with Crippen LogP contribution in [0.2, 0.25) is 0 Å². The molecule has 104 valence electrons. The summed E-state index contributed by atoms with van der Waals surface area (Å²) in [6.07, 6.45) is 2.66. The quantitative estimate of drug-likeness (QED) is 0.883. The van der Waals surface area contributed by atoms with Gasteiger partial charge in [-0.25, -0.2) is 9.78 Å². The van der Waals surface area contributed by atoms with Gasteiger partial charge in [0.2, 0.25) is 5.91 Å². The monoisotopic (exact) mass is 291 g/mol. The Morgan fingerprint density at radius 3 is 2.80 bits per heavy atom. The maximum absolute atomic E-state index is 11.5. The summed E-state index contributed by atoms with van der Waals surface area (Å²) < 4.78 is 0. The number of carboxylic acid groups (broad SMARTS) is 1. The fourth-order valence-electron chi connectivity index (χ4n) is 1.60. The van der Waals surface area contributed by atoms with Crippen molar-refractivity contribution in [1.29, 1.82) is 0 Å². The van der Waals surface area contributed by atoms with Crippen LogP contribution in [0.4, 0.5) is 5.13 Å². The number of pyridine rings is 1. The topological polar surface area (TPSA) is 92.2 Å². The largest absolute Gasteiger partial charge is 0.477 e. The maximum atomic E-state index is 11.5. The molecule has 0 aliphatic carbocycles. The van der Waals surface area contributed by atoms with E-state index in [0.717, 1.165) is 17.8 Å². The zero-order chi connectivity index (χ0) is 14.5. The summed E-state index contributed by atoms with van der Waals surface area (Å²) in [5.74, 6) is -1.26. The Morgan fingerprint density at radius 1 is 1.40 bits per heavy atom. The Kier molecular flexibility index (Phi) is 4.41. The van der Waals surface area contributed by atoms with Crippen molar-refractivity contribution in [3.05, 3.63) is 29.3 Å². The first kappa shape index (κ1) is 14.1. The second-order valence-electron chi connectivity index (χ2n) is 4.02. The van der Waals surface area contributed by atoms with Gasteiger partial charge in [0, 0.05) is 12.6 Å². The van der Waals surface area contributed by atoms with Gasteiger partial charge in [-0.1, -0.05) is 24.3 Å². The molecular weight excluding hydrogens is 278 g/mol. The van der Waals surface area contributed by atoms with Crippen LogP contribution in [-0.4, -0.2) is 27.0 Å². The number of carboxylic acids is 1. The van der Waals surface area contributed by atoms with Gasteiger partial charge in [0.15, 0.2) is 5.13 Å². The number of aromatic carboxylic acids is 1. The number of thiazole rings is 1. The standard InChI is InChI=1S/C13H13N3O3S/c1-2-5-9(17)15-13-16-10(11(20-13)12(18)19)8-6-3-4-7-14-8/h3-4,6-7H,2,5H2,1H3,(H,18,19)(H,15,16,17). The van der Waals surface area contributed by atoms with Gasteiger partial charge in [-0.15, -0.1) is 0 Å². The number of rotatable bonds is 5. The van der Waals surface area contributed by atoms with Gasteiger partial charge in [0.1, 0.15) is 10.6 Å². The van der Waals surface area contributed by atoms with E-state index in [2.05, 4.69) is 15.3 Å². The van der Waals surface area contributed by atoms with Crippen molar-refractivity contribution in [2.75, 3.05) is 5.32 Å². The summed E-state index contributed by atoms with van der Waals surface area (Å²) >= 11 is 0.934. The fraction of sp³-hybridized carbons (Fsp3) is 0.231. The first-order valence-corrected chi connectivity index (χ1v) is 6.88. The van der Waals surface area contributed by atoms with Crippen LogP contribution < -0.4 is 5.32 Å². The van der Waals surface area contributed by atoms with Crippen LogP contribution in [0.15, 0.2) is 24.4 Å². The van der Waals surface area contributed by atoms with Gasteiger partial charge >= 0.3 is 5.97 Å². The average molecular weight is 291 g/mol. The third kappa shape index (κ3) is 3.18. The van der Waals surface area contributed by atoms with Crippen LogP contribution >= 0.6 is 11.3 Å². The number of aromatic nitrogens is 2. The van der Waals surface area contributed by atoms with Crippen LogP contribution in [0.3, 0.4) is 0 Å². The van der Waals surface area contributed by atoms with Crippen molar-refractivity contribution in [3.8, 4) is 11.4 Å². The molecule has 7 heteroatoms. The molecule has 0 saturated heterocycles. The predicted molar refractivity (Wildman–Crippen MR) is 75.8 cm³/mol. The summed E-state index contributed by atoms with van der Waals surface area (Å²) in [5, 5.41) is 12.1. The van der Waals surface area contributed by atoms with E-state index >= 15 is 0 Å². The summed E-state index contributed by atoms with van der Waals surface area (Å²) in [6, 6.07) is 5.17. The summed E-state index contributed by atoms with van der Waals surface area (Å²) in [7, 11) is 0. The molecule has 0 aromatic carbocycles. The van der Waals surface area contributed by atoms with Crippen molar-refractivity contribution in [3.63, 3.8) is 0 Å². The Morgan fingerprint density at radius 2 is 2.20 bits per heavy atom. The minimum Gasteiger partial charge on any atom is -0.477 e. The molecule has 0 fully saturated rings. The highest BCUT2D eigenvalue weighted by Gasteiger charge is 2.20. The third-order valence-electron chi connectivity index (χ3n) is 2.45. The Balaban J connectivity index is 2.34. The van der Waals surface area contributed by atoms with Crippen molar-refractivity contribution in [2.45, 2.75) is 19.8 Å². The highest BCUT2D eigenvalue weighted by molar-refractivity contribution is 7.18. The molecule has 0 spiro atoms. The molecule has 0 aliphatic rings. The second-order valence-corrected chi connectivity index (χ2v) is 5.01. The lowest BCUT2D eigenvalue weighted by molar-refractivity contribution is -0.116. The molecule has 2 aromatic heterocycles. The SMILES string of the molecule is CCCC(=O)Nc1nc(-c2ccccn2)c(C(=O)O)s1. The zero-order valence-corrected chi connectivity index (χ0v) is 11.6. The highest BCUT2D eigenvalue weighted by Crippen LogP contribution is 2.30. The number of hydrogen-bond acceptors (Lipinski definition) is 5. The molecule has 6 nitrogen and oxygen atoms in total. The molecule has 2 aromatic rings. The molecule has 2 rings (SSSR count). The molecule has 0 bridgehead atoms. The lowest BCUT2D eigenvalue weighted by Crippen LogP contribution is -2.10. The number of amides is 1. The van der Waals surface area contributed by atoms with E-state index in [0.29, 0.717) is 12.1 Å². The lowest BCUT2D eigenvalue weighted by atomic mass is 10.2. The zero-order valence-electron chi connectivity index (χ0n) is 10.8. The minimum atomic E-state index is -1.08. The number of nitrogens with one attached hydrogen (secondary N) is 1. The molecule has 0 aliphatic heterocycles. The smallest absolute Gasteiger partial charge is 0.348 e. The summed E-state index contributed by atoms with van der Waals surface area (Å²) in [6.45, 7) is 1.89. The van der Waals surface area contributed by atoms with Gasteiger partial charge in [-0.3, -0.25) is 9.78 Å². The van der Waals surface area contributed by atoms with Crippen molar-refractivity contribution in [2.24, 2.45) is 0 Å². The third-order valence-corrected chi connectivity index (χ3v) is 3.41. The molecule has 2 heterocycles. The average Bonchev–Trinajstić information content (AvgIpc) is 2.84. The molecule has 0 saturated carbocycles. The predicted octanol–water partition coefficient (Wildman–Crippen LogP) is 2.64. The van der Waals surface area contributed by atoms with E-state index < -0.39 is 5.97 Å². The van der Waals surface area contributed by atoms with E-state index in [-0.39, 0.29) is 21.6 Å². The molecule has 1 amide bonds. The van der Waals surface area contributed by atoms with Crippen LogP contribution in [0.5, 0.6) is 0 Å². The van der Waals surface area contributed by atoms with E-state index in [1.807, 2.05) is 6.92 Å². The molecule has 0 atom stereocenters. The number of anilines is 1. The molecule has 0 radical (unpaired) electrons. The molecule has 20 heavy (non-hydrogen) atoms. The molecular formula is C13H13N3O3S. The Labute approximate surface area is 119 Å². The Hall–Kier alpha value is -2.28. The van der Waals surface area contributed by atoms with Crippen molar-refractivity contribution < 1.29 is 14.7 Å². The van der Waals surface area contributed by atoms with Crippen LogP contribution in [-0.2, 0) is 4.79 Å².